The van der Waals surface area contributed by atoms with E-state index in [9.17, 15) is 14.4 Å². The predicted octanol–water partition coefficient (Wildman–Crippen LogP) is 3.85. The van der Waals surface area contributed by atoms with Crippen LogP contribution in [0.25, 0.3) is 10.8 Å². The third kappa shape index (κ3) is 10.1. The first kappa shape index (κ1) is 33.5. The van der Waals surface area contributed by atoms with Crippen LogP contribution in [0.3, 0.4) is 0 Å². The molecule has 10 heteroatoms. The highest BCUT2D eigenvalue weighted by Crippen LogP contribution is 2.23. The minimum absolute atomic E-state index is 0.144. The molecule has 232 valence electrons. The Morgan fingerprint density at radius 2 is 1.51 bits per heavy atom. The molecule has 0 saturated heterocycles. The molecule has 0 aliphatic heterocycles. The normalized spacial score (nSPS) is 12.6. The maximum Gasteiger partial charge on any atom is 0.329 e. The maximum atomic E-state index is 14.5. The van der Waals surface area contributed by atoms with Crippen LogP contribution in [0.2, 0.25) is 0 Å². The highest BCUT2D eigenvalue weighted by Gasteiger charge is 2.34. The van der Waals surface area contributed by atoms with Crippen molar-refractivity contribution in [1.82, 2.24) is 26.0 Å². The molecule has 3 aromatic carbocycles. The molecule has 0 radical (unpaired) electrons. The van der Waals surface area contributed by atoms with Crippen LogP contribution in [0.4, 0.5) is 4.79 Å². The van der Waals surface area contributed by atoms with Crippen molar-refractivity contribution in [2.75, 3.05) is 33.4 Å². The molecule has 0 aliphatic carbocycles. The lowest BCUT2D eigenvalue weighted by Crippen LogP contribution is -2.56. The SMILES string of the molecule is CCNC(=O)NN(C)CC(=O)NC(Cc1ccccc1)C(=O)N(Cc1cccc2ccccc12)C(C)C(OCC)OCC. The van der Waals surface area contributed by atoms with Crippen molar-refractivity contribution in [3.05, 3.63) is 83.9 Å². The number of carbonyl (C=O) groups excluding carboxylic acids is 3. The summed E-state index contributed by atoms with van der Waals surface area (Å²) < 4.78 is 11.9. The van der Waals surface area contributed by atoms with Gasteiger partial charge >= 0.3 is 6.03 Å². The van der Waals surface area contributed by atoms with Crippen molar-refractivity contribution in [3.63, 3.8) is 0 Å². The van der Waals surface area contributed by atoms with Gasteiger partial charge in [0.15, 0.2) is 6.29 Å². The van der Waals surface area contributed by atoms with Crippen LogP contribution >= 0.6 is 0 Å². The first-order valence-corrected chi connectivity index (χ1v) is 14.9. The van der Waals surface area contributed by atoms with Gasteiger partial charge in [-0.2, -0.15) is 0 Å². The zero-order valence-corrected chi connectivity index (χ0v) is 25.8. The number of fused-ring (bicyclic) bond motifs is 1. The number of hydrogen-bond acceptors (Lipinski definition) is 6. The number of benzene rings is 3. The molecule has 2 unspecified atom stereocenters. The lowest BCUT2D eigenvalue weighted by Gasteiger charge is -2.37. The monoisotopic (exact) mass is 591 g/mol. The van der Waals surface area contributed by atoms with E-state index in [0.717, 1.165) is 21.9 Å². The number of amides is 4. The van der Waals surface area contributed by atoms with Gasteiger partial charge in [-0.25, -0.2) is 9.80 Å². The molecule has 0 spiro atoms. The van der Waals surface area contributed by atoms with E-state index >= 15 is 0 Å². The molecule has 3 aromatic rings. The van der Waals surface area contributed by atoms with Crippen LogP contribution in [-0.4, -0.2) is 79.5 Å². The summed E-state index contributed by atoms with van der Waals surface area (Å²) >= 11 is 0. The van der Waals surface area contributed by atoms with Crippen LogP contribution < -0.4 is 16.1 Å². The lowest BCUT2D eigenvalue weighted by atomic mass is 10.0. The van der Waals surface area contributed by atoms with E-state index in [0.29, 0.717) is 19.8 Å². The van der Waals surface area contributed by atoms with E-state index in [1.807, 2.05) is 93.6 Å². The number of ether oxygens (including phenoxy) is 2. The third-order valence-corrected chi connectivity index (χ3v) is 6.98. The van der Waals surface area contributed by atoms with E-state index in [-0.39, 0.29) is 25.4 Å². The Morgan fingerprint density at radius 1 is 0.860 bits per heavy atom. The molecule has 0 heterocycles. The van der Waals surface area contributed by atoms with E-state index < -0.39 is 30.3 Å². The molecule has 0 saturated carbocycles. The first-order valence-electron chi connectivity index (χ1n) is 14.9. The van der Waals surface area contributed by atoms with Gasteiger partial charge in [0.05, 0.1) is 12.6 Å². The quantitative estimate of drug-likeness (QED) is 0.172. The van der Waals surface area contributed by atoms with Crippen molar-refractivity contribution in [3.8, 4) is 0 Å². The lowest BCUT2D eigenvalue weighted by molar-refractivity contribution is -0.179. The number of hydrogen-bond donors (Lipinski definition) is 3. The smallest absolute Gasteiger partial charge is 0.329 e. The Hall–Kier alpha value is -3.99. The summed E-state index contributed by atoms with van der Waals surface area (Å²) in [4.78, 5) is 41.4. The average molecular weight is 592 g/mol. The van der Waals surface area contributed by atoms with Crippen LogP contribution in [0.1, 0.15) is 38.8 Å². The van der Waals surface area contributed by atoms with Gasteiger partial charge < -0.3 is 25.0 Å². The molecule has 4 amide bonds. The largest absolute Gasteiger partial charge is 0.351 e. The number of urea groups is 1. The van der Waals surface area contributed by atoms with Crippen LogP contribution in [0.15, 0.2) is 72.8 Å². The zero-order chi connectivity index (χ0) is 31.2. The summed E-state index contributed by atoms with van der Waals surface area (Å²) in [6, 6.07) is 21.9. The van der Waals surface area contributed by atoms with Gasteiger partial charge in [-0.1, -0.05) is 72.8 Å². The Morgan fingerprint density at radius 3 is 2.19 bits per heavy atom. The molecule has 10 nitrogen and oxygen atoms in total. The van der Waals surface area contributed by atoms with Crippen molar-refractivity contribution in [2.45, 2.75) is 59.0 Å². The summed E-state index contributed by atoms with van der Waals surface area (Å²) in [5.41, 5.74) is 4.47. The van der Waals surface area contributed by atoms with Crippen LogP contribution in [-0.2, 0) is 32.0 Å². The number of hydrazine groups is 1. The molecule has 43 heavy (non-hydrogen) atoms. The second kappa shape index (κ2) is 17.2. The van der Waals surface area contributed by atoms with Gasteiger partial charge in [-0.05, 0) is 49.6 Å². The number of likely N-dealkylation sites (N-methyl/N-ethyl adjacent to an activating group) is 1. The fourth-order valence-electron chi connectivity index (χ4n) is 4.96. The highest BCUT2D eigenvalue weighted by atomic mass is 16.7. The average Bonchev–Trinajstić information content (AvgIpc) is 2.99. The van der Waals surface area contributed by atoms with Crippen molar-refractivity contribution < 1.29 is 23.9 Å². The maximum absolute atomic E-state index is 14.5. The van der Waals surface area contributed by atoms with Crippen molar-refractivity contribution >= 4 is 28.6 Å². The molecular weight excluding hydrogens is 546 g/mol. The second-order valence-electron chi connectivity index (χ2n) is 10.3. The van der Waals surface area contributed by atoms with Gasteiger partial charge in [-0.3, -0.25) is 15.0 Å². The molecule has 3 N–H and O–H groups in total. The summed E-state index contributed by atoms with van der Waals surface area (Å²) in [7, 11) is 1.59. The molecule has 3 rings (SSSR count). The fraction of sp³-hybridized carbons (Fsp3) is 0.424. The number of nitrogens with zero attached hydrogens (tertiary/aromatic N) is 2. The Labute approximate surface area is 254 Å². The Balaban J connectivity index is 1.95. The van der Waals surface area contributed by atoms with E-state index in [4.69, 9.17) is 9.47 Å². The molecule has 0 bridgehead atoms. The van der Waals surface area contributed by atoms with E-state index in [1.165, 1.54) is 5.01 Å². The minimum Gasteiger partial charge on any atom is -0.351 e. The Bertz CT molecular complexity index is 1310. The highest BCUT2D eigenvalue weighted by molar-refractivity contribution is 5.90. The third-order valence-electron chi connectivity index (χ3n) is 6.98. The fourth-order valence-corrected chi connectivity index (χ4v) is 4.96. The van der Waals surface area contributed by atoms with Gasteiger partial charge in [-0.15, -0.1) is 0 Å². The van der Waals surface area contributed by atoms with E-state index in [2.05, 4.69) is 16.1 Å². The number of carbonyl (C=O) groups is 3. The van der Waals surface area contributed by atoms with Gasteiger partial charge in [0.25, 0.3) is 0 Å². The number of rotatable bonds is 16. The molecule has 0 fully saturated rings. The molecule has 2 atom stereocenters. The van der Waals surface area contributed by atoms with Gasteiger partial charge in [0, 0.05) is 39.8 Å². The summed E-state index contributed by atoms with van der Waals surface area (Å²) in [6.07, 6.45) is -0.375. The predicted molar refractivity (Wildman–Crippen MR) is 168 cm³/mol. The number of nitrogens with one attached hydrogen (secondary N) is 3. The standard InChI is InChI=1S/C33H45N5O5/c1-6-34-33(41)36-37(5)23-30(39)35-29(21-25-15-10-9-11-16-25)31(40)38(24(4)32(42-7-2)43-8-3)22-27-19-14-18-26-17-12-13-20-28(26)27/h9-20,24,29,32H,6-8,21-23H2,1-5H3,(H,35,39)(H2,34,36,41). The van der Waals surface area contributed by atoms with Crippen LogP contribution in [0.5, 0.6) is 0 Å². The summed E-state index contributed by atoms with van der Waals surface area (Å²) in [6.45, 7) is 8.92. The Kier molecular flexibility index (Phi) is 13.4. The van der Waals surface area contributed by atoms with Crippen molar-refractivity contribution in [1.29, 1.82) is 0 Å². The molecular formula is C33H45N5O5. The second-order valence-corrected chi connectivity index (χ2v) is 10.3. The van der Waals surface area contributed by atoms with Gasteiger partial charge in [0.2, 0.25) is 11.8 Å². The summed E-state index contributed by atoms with van der Waals surface area (Å²) in [5, 5.41) is 9.06. The topological polar surface area (TPSA) is 112 Å². The van der Waals surface area contributed by atoms with E-state index in [1.54, 1.807) is 18.9 Å². The minimum atomic E-state index is -0.880. The molecule has 0 aromatic heterocycles. The summed E-state index contributed by atoms with van der Waals surface area (Å²) in [5.74, 6) is -0.668. The van der Waals surface area contributed by atoms with Crippen LogP contribution in [0, 0.1) is 0 Å². The van der Waals surface area contributed by atoms with Crippen molar-refractivity contribution in [2.24, 2.45) is 0 Å². The van der Waals surface area contributed by atoms with Gasteiger partial charge in [0.1, 0.15) is 6.04 Å². The molecule has 0 aliphatic rings. The first-order chi connectivity index (χ1) is 20.8. The zero-order valence-electron chi connectivity index (χ0n) is 25.8.